The fraction of sp³-hybridized carbons (Fsp3) is 0.136. The van der Waals surface area contributed by atoms with Gasteiger partial charge in [-0.2, -0.15) is 0 Å². The molecular formula is C22H18N4O. The number of imidazole rings is 1. The number of aromatic nitrogens is 3. The van der Waals surface area contributed by atoms with Crippen LogP contribution in [-0.4, -0.2) is 20.9 Å². The lowest BCUT2D eigenvalue weighted by atomic mass is 10.1. The summed E-state index contributed by atoms with van der Waals surface area (Å²) >= 11 is 0. The van der Waals surface area contributed by atoms with Gasteiger partial charge >= 0.3 is 0 Å². The number of nitrogens with zero attached hydrogens (tertiary/aromatic N) is 2. The minimum Gasteiger partial charge on any atom is -0.345 e. The maximum absolute atomic E-state index is 12.8. The molecule has 1 atom stereocenters. The molecular weight excluding hydrogens is 336 g/mol. The first-order valence-corrected chi connectivity index (χ1v) is 9.07. The first-order chi connectivity index (χ1) is 13.3. The maximum Gasteiger partial charge on any atom is 0.251 e. The Morgan fingerprint density at radius 2 is 2.04 bits per heavy atom. The van der Waals surface area contributed by atoms with Gasteiger partial charge in [0.15, 0.2) is 0 Å². The van der Waals surface area contributed by atoms with Crippen molar-refractivity contribution >= 4 is 16.9 Å². The van der Waals surface area contributed by atoms with Crippen LogP contribution in [-0.2, 0) is 6.42 Å². The van der Waals surface area contributed by atoms with Crippen LogP contribution in [0.15, 0.2) is 67.0 Å². The van der Waals surface area contributed by atoms with Crippen molar-refractivity contribution in [1.29, 1.82) is 0 Å². The first kappa shape index (κ1) is 15.8. The maximum atomic E-state index is 12.8. The third-order valence-electron chi connectivity index (χ3n) is 5.12. The molecule has 2 aromatic carbocycles. The molecule has 0 bridgehead atoms. The largest absolute Gasteiger partial charge is 0.345 e. The van der Waals surface area contributed by atoms with Gasteiger partial charge in [0.25, 0.3) is 5.91 Å². The van der Waals surface area contributed by atoms with E-state index in [2.05, 4.69) is 38.5 Å². The number of hydrogen-bond donors (Lipinski definition) is 2. The summed E-state index contributed by atoms with van der Waals surface area (Å²) in [6.07, 6.45) is 5.45. The van der Waals surface area contributed by atoms with Crippen LogP contribution in [0.25, 0.3) is 22.4 Å². The number of nitrogens with one attached hydrogen (secondary N) is 2. The molecule has 5 rings (SSSR count). The van der Waals surface area contributed by atoms with E-state index in [1.54, 1.807) is 12.4 Å². The lowest BCUT2D eigenvalue weighted by molar-refractivity contribution is 0.0937. The van der Waals surface area contributed by atoms with Crippen molar-refractivity contribution in [1.82, 2.24) is 20.3 Å². The molecule has 0 unspecified atom stereocenters. The van der Waals surface area contributed by atoms with E-state index in [1.807, 2.05) is 36.4 Å². The molecule has 1 aliphatic carbocycles. The standard InChI is InChI=1S/C22H18N4O/c27-22(26-18-9-7-14-4-1-2-6-17(14)18)15-8-10-19-20(12-15)25-21(24-19)16-5-3-11-23-13-16/h1-6,8,10-13,18H,7,9H2,(H,24,25)(H,26,27)/t18-/m1/s1. The third kappa shape index (κ3) is 2.87. The summed E-state index contributed by atoms with van der Waals surface area (Å²) < 4.78 is 0. The molecule has 2 aromatic heterocycles. The number of aryl methyl sites for hydroxylation is 1. The van der Waals surface area contributed by atoms with Gasteiger partial charge in [-0.1, -0.05) is 24.3 Å². The number of pyridine rings is 1. The molecule has 132 valence electrons. The van der Waals surface area contributed by atoms with E-state index in [-0.39, 0.29) is 11.9 Å². The summed E-state index contributed by atoms with van der Waals surface area (Å²) in [5.74, 6) is 0.691. The quantitative estimate of drug-likeness (QED) is 0.583. The Morgan fingerprint density at radius 3 is 2.93 bits per heavy atom. The monoisotopic (exact) mass is 354 g/mol. The Balaban J connectivity index is 1.41. The molecule has 2 heterocycles. The van der Waals surface area contributed by atoms with Crippen LogP contribution in [0.1, 0.15) is 33.9 Å². The minimum atomic E-state index is -0.0591. The number of fused-ring (bicyclic) bond motifs is 2. The molecule has 1 amide bonds. The van der Waals surface area contributed by atoms with E-state index in [0.29, 0.717) is 5.56 Å². The average Bonchev–Trinajstić information content (AvgIpc) is 3.32. The van der Waals surface area contributed by atoms with Crippen LogP contribution in [0.2, 0.25) is 0 Å². The predicted molar refractivity (Wildman–Crippen MR) is 104 cm³/mol. The second-order valence-corrected chi connectivity index (χ2v) is 6.82. The zero-order chi connectivity index (χ0) is 18.2. The Kier molecular flexibility index (Phi) is 3.71. The van der Waals surface area contributed by atoms with Gasteiger partial charge < -0.3 is 10.3 Å². The summed E-state index contributed by atoms with van der Waals surface area (Å²) in [7, 11) is 0. The number of H-pyrrole nitrogens is 1. The molecule has 4 aromatic rings. The molecule has 2 N–H and O–H groups in total. The lowest BCUT2D eigenvalue weighted by Gasteiger charge is -2.14. The summed E-state index contributed by atoms with van der Waals surface area (Å²) in [5.41, 5.74) is 5.78. The molecule has 0 saturated carbocycles. The van der Waals surface area contributed by atoms with E-state index >= 15 is 0 Å². The molecule has 0 spiro atoms. The highest BCUT2D eigenvalue weighted by atomic mass is 16.1. The van der Waals surface area contributed by atoms with E-state index in [1.165, 1.54) is 11.1 Å². The summed E-state index contributed by atoms with van der Waals surface area (Å²) in [6, 6.07) is 17.8. The number of aromatic amines is 1. The number of amides is 1. The third-order valence-corrected chi connectivity index (χ3v) is 5.12. The average molecular weight is 354 g/mol. The Morgan fingerprint density at radius 1 is 1.11 bits per heavy atom. The van der Waals surface area contributed by atoms with Gasteiger partial charge in [-0.15, -0.1) is 0 Å². The second kappa shape index (κ2) is 6.36. The molecule has 27 heavy (non-hydrogen) atoms. The van der Waals surface area contributed by atoms with Crippen LogP contribution in [0.3, 0.4) is 0 Å². The molecule has 5 nitrogen and oxygen atoms in total. The Hall–Kier alpha value is -3.47. The number of rotatable bonds is 3. The summed E-state index contributed by atoms with van der Waals surface area (Å²) in [6.45, 7) is 0. The van der Waals surface area contributed by atoms with E-state index in [4.69, 9.17) is 0 Å². The summed E-state index contributed by atoms with van der Waals surface area (Å²) in [5, 5.41) is 3.17. The Bertz CT molecular complexity index is 1130. The van der Waals surface area contributed by atoms with Gasteiger partial charge in [-0.25, -0.2) is 4.98 Å². The SMILES string of the molecule is O=C(N[C@@H]1CCc2ccccc21)c1ccc2nc(-c3cccnc3)[nH]c2c1. The van der Waals surface area contributed by atoms with Crippen molar-refractivity contribution in [3.05, 3.63) is 83.7 Å². The predicted octanol–water partition coefficient (Wildman–Crippen LogP) is 4.04. The van der Waals surface area contributed by atoms with Crippen LogP contribution < -0.4 is 5.32 Å². The number of carbonyl (C=O) groups is 1. The van der Waals surface area contributed by atoms with Gasteiger partial charge in [0, 0.05) is 23.5 Å². The fourth-order valence-corrected chi connectivity index (χ4v) is 3.74. The van der Waals surface area contributed by atoms with Crippen molar-refractivity contribution in [3.8, 4) is 11.4 Å². The van der Waals surface area contributed by atoms with Crippen molar-refractivity contribution in [2.45, 2.75) is 18.9 Å². The Labute approximate surface area is 156 Å². The van der Waals surface area contributed by atoms with E-state index in [9.17, 15) is 4.79 Å². The van der Waals surface area contributed by atoms with Crippen molar-refractivity contribution in [2.75, 3.05) is 0 Å². The van der Waals surface area contributed by atoms with Crippen LogP contribution >= 0.6 is 0 Å². The molecule has 0 saturated heterocycles. The van der Waals surface area contributed by atoms with Crippen LogP contribution in [0, 0.1) is 0 Å². The van der Waals surface area contributed by atoms with Crippen molar-refractivity contribution in [2.24, 2.45) is 0 Å². The highest BCUT2D eigenvalue weighted by molar-refractivity contribution is 5.98. The number of hydrogen-bond acceptors (Lipinski definition) is 3. The molecule has 1 aliphatic rings. The smallest absolute Gasteiger partial charge is 0.251 e. The number of carbonyl (C=O) groups excluding carboxylic acids is 1. The van der Waals surface area contributed by atoms with Gasteiger partial charge in [-0.3, -0.25) is 9.78 Å². The zero-order valence-corrected chi connectivity index (χ0v) is 14.6. The highest BCUT2D eigenvalue weighted by Gasteiger charge is 2.24. The topological polar surface area (TPSA) is 70.7 Å². The fourth-order valence-electron chi connectivity index (χ4n) is 3.74. The number of benzene rings is 2. The van der Waals surface area contributed by atoms with Crippen molar-refractivity contribution in [3.63, 3.8) is 0 Å². The van der Waals surface area contributed by atoms with Gasteiger partial charge in [-0.05, 0) is 54.3 Å². The highest BCUT2D eigenvalue weighted by Crippen LogP contribution is 2.31. The van der Waals surface area contributed by atoms with Crippen LogP contribution in [0.5, 0.6) is 0 Å². The van der Waals surface area contributed by atoms with Crippen molar-refractivity contribution < 1.29 is 4.79 Å². The second-order valence-electron chi connectivity index (χ2n) is 6.82. The molecule has 0 radical (unpaired) electrons. The normalized spacial score (nSPS) is 15.6. The molecule has 0 fully saturated rings. The van der Waals surface area contributed by atoms with E-state index in [0.717, 1.165) is 35.3 Å². The summed E-state index contributed by atoms with van der Waals surface area (Å²) in [4.78, 5) is 24.8. The van der Waals surface area contributed by atoms with Gasteiger partial charge in [0.1, 0.15) is 5.82 Å². The van der Waals surface area contributed by atoms with Gasteiger partial charge in [0.2, 0.25) is 0 Å². The van der Waals surface area contributed by atoms with Crippen LogP contribution in [0.4, 0.5) is 0 Å². The zero-order valence-electron chi connectivity index (χ0n) is 14.6. The van der Waals surface area contributed by atoms with Gasteiger partial charge in [0.05, 0.1) is 17.1 Å². The minimum absolute atomic E-state index is 0.0591. The molecule has 5 heteroatoms. The lowest BCUT2D eigenvalue weighted by Crippen LogP contribution is -2.27. The van der Waals surface area contributed by atoms with E-state index < -0.39 is 0 Å². The molecule has 0 aliphatic heterocycles. The first-order valence-electron chi connectivity index (χ1n) is 9.07.